The van der Waals surface area contributed by atoms with Crippen LogP contribution in [0.25, 0.3) is 0 Å². The van der Waals surface area contributed by atoms with Crippen molar-refractivity contribution in [2.75, 3.05) is 6.54 Å². The minimum Gasteiger partial charge on any atom is -0.337 e. The lowest BCUT2D eigenvalue weighted by molar-refractivity contribution is 0.269. The molecule has 0 spiro atoms. The van der Waals surface area contributed by atoms with E-state index in [1.165, 1.54) is 25.7 Å². The predicted molar refractivity (Wildman–Crippen MR) is 69.2 cm³/mol. The smallest absolute Gasteiger partial charge is 0.246 e. The summed E-state index contributed by atoms with van der Waals surface area (Å²) in [6, 6.07) is 0. The van der Waals surface area contributed by atoms with Crippen LogP contribution in [0.5, 0.6) is 0 Å². The summed E-state index contributed by atoms with van der Waals surface area (Å²) in [5.74, 6) is 3.95. The van der Waals surface area contributed by atoms with E-state index in [0.717, 1.165) is 30.1 Å². The van der Waals surface area contributed by atoms with Crippen molar-refractivity contribution in [3.63, 3.8) is 0 Å². The quantitative estimate of drug-likeness (QED) is 0.891. The second-order valence-corrected chi connectivity index (χ2v) is 6.39. The van der Waals surface area contributed by atoms with Gasteiger partial charge in [0.2, 0.25) is 5.89 Å². The van der Waals surface area contributed by atoms with Gasteiger partial charge in [-0.05, 0) is 51.5 Å². The number of aromatic nitrogens is 2. The molecule has 2 fully saturated rings. The van der Waals surface area contributed by atoms with Crippen LogP contribution in [0.4, 0.5) is 0 Å². The van der Waals surface area contributed by atoms with Crippen LogP contribution in [-0.4, -0.2) is 16.7 Å². The maximum atomic E-state index is 5.48. The Labute approximate surface area is 109 Å². The average molecular weight is 249 g/mol. The molecule has 1 N–H and O–H groups in total. The summed E-state index contributed by atoms with van der Waals surface area (Å²) in [5, 5.41) is 7.62. The van der Waals surface area contributed by atoms with Crippen molar-refractivity contribution in [1.29, 1.82) is 0 Å². The molecule has 2 bridgehead atoms. The van der Waals surface area contributed by atoms with E-state index in [0.29, 0.717) is 5.92 Å². The first-order valence-corrected chi connectivity index (χ1v) is 7.19. The number of nitrogens with zero attached hydrogens (tertiary/aromatic N) is 2. The van der Waals surface area contributed by atoms with Gasteiger partial charge < -0.3 is 9.84 Å². The fourth-order valence-electron chi connectivity index (χ4n) is 3.72. The SMILES string of the molecule is CCNC(C)(C)c1nc(C2CC3CCC2C3)no1. The molecule has 4 heteroatoms. The van der Waals surface area contributed by atoms with Gasteiger partial charge in [0, 0.05) is 5.92 Å². The van der Waals surface area contributed by atoms with Crippen molar-refractivity contribution in [3.05, 3.63) is 11.7 Å². The van der Waals surface area contributed by atoms with Gasteiger partial charge in [-0.3, -0.25) is 0 Å². The molecular weight excluding hydrogens is 226 g/mol. The number of nitrogens with one attached hydrogen (secondary N) is 1. The number of hydrogen-bond donors (Lipinski definition) is 1. The first-order valence-electron chi connectivity index (χ1n) is 7.19. The third-order valence-electron chi connectivity index (χ3n) is 4.66. The normalized spacial score (nSPS) is 31.2. The van der Waals surface area contributed by atoms with Gasteiger partial charge in [-0.15, -0.1) is 0 Å². The summed E-state index contributed by atoms with van der Waals surface area (Å²) in [6.45, 7) is 7.18. The molecule has 1 aromatic rings. The predicted octanol–water partition coefficient (Wildman–Crippen LogP) is 2.82. The summed E-state index contributed by atoms with van der Waals surface area (Å²) < 4.78 is 5.48. The molecule has 3 unspecified atom stereocenters. The van der Waals surface area contributed by atoms with Crippen LogP contribution in [0.15, 0.2) is 4.52 Å². The minimum absolute atomic E-state index is 0.225. The molecule has 0 radical (unpaired) electrons. The lowest BCUT2D eigenvalue weighted by atomic mass is 9.88. The van der Waals surface area contributed by atoms with Crippen molar-refractivity contribution in [2.24, 2.45) is 11.8 Å². The maximum Gasteiger partial charge on any atom is 0.246 e. The zero-order chi connectivity index (χ0) is 12.8. The van der Waals surface area contributed by atoms with E-state index in [1.807, 2.05) is 0 Å². The van der Waals surface area contributed by atoms with Gasteiger partial charge in [-0.25, -0.2) is 0 Å². The molecule has 3 rings (SSSR count). The van der Waals surface area contributed by atoms with Gasteiger partial charge >= 0.3 is 0 Å². The highest BCUT2D eigenvalue weighted by atomic mass is 16.5. The van der Waals surface area contributed by atoms with Crippen molar-refractivity contribution in [2.45, 2.75) is 57.9 Å². The maximum absolute atomic E-state index is 5.48. The van der Waals surface area contributed by atoms with Crippen LogP contribution in [0.1, 0.15) is 64.1 Å². The lowest BCUT2D eigenvalue weighted by Gasteiger charge is -2.21. The number of fused-ring (bicyclic) bond motifs is 2. The molecule has 18 heavy (non-hydrogen) atoms. The molecule has 0 amide bonds. The fourth-order valence-corrected chi connectivity index (χ4v) is 3.72. The Kier molecular flexibility index (Phi) is 2.93. The van der Waals surface area contributed by atoms with Gasteiger partial charge in [0.15, 0.2) is 5.82 Å². The Morgan fingerprint density at radius 3 is 2.78 bits per heavy atom. The van der Waals surface area contributed by atoms with Crippen LogP contribution in [0, 0.1) is 11.8 Å². The van der Waals surface area contributed by atoms with Gasteiger partial charge in [-0.1, -0.05) is 18.5 Å². The van der Waals surface area contributed by atoms with Crippen molar-refractivity contribution in [1.82, 2.24) is 15.5 Å². The van der Waals surface area contributed by atoms with E-state index in [-0.39, 0.29) is 5.54 Å². The molecule has 0 aliphatic heterocycles. The van der Waals surface area contributed by atoms with Crippen molar-refractivity contribution < 1.29 is 4.52 Å². The molecule has 100 valence electrons. The van der Waals surface area contributed by atoms with Crippen molar-refractivity contribution >= 4 is 0 Å². The first-order chi connectivity index (χ1) is 8.60. The second-order valence-electron chi connectivity index (χ2n) is 6.39. The van der Waals surface area contributed by atoms with Gasteiger partial charge in [0.25, 0.3) is 0 Å². The summed E-state index contributed by atoms with van der Waals surface area (Å²) >= 11 is 0. The Morgan fingerprint density at radius 1 is 1.33 bits per heavy atom. The van der Waals surface area contributed by atoms with E-state index < -0.39 is 0 Å². The topological polar surface area (TPSA) is 51.0 Å². The van der Waals surface area contributed by atoms with E-state index in [1.54, 1.807) is 0 Å². The molecule has 1 aromatic heterocycles. The fraction of sp³-hybridized carbons (Fsp3) is 0.857. The molecule has 3 atom stereocenters. The molecule has 2 aliphatic carbocycles. The molecular formula is C14H23N3O. The molecule has 4 nitrogen and oxygen atoms in total. The summed E-state index contributed by atoms with van der Waals surface area (Å²) in [5.41, 5.74) is -0.225. The minimum atomic E-state index is -0.225. The Hall–Kier alpha value is -0.900. The summed E-state index contributed by atoms with van der Waals surface area (Å²) in [4.78, 5) is 4.66. The Bertz CT molecular complexity index is 426. The van der Waals surface area contributed by atoms with Crippen LogP contribution >= 0.6 is 0 Å². The summed E-state index contributed by atoms with van der Waals surface area (Å²) in [6.07, 6.45) is 5.42. The highest BCUT2D eigenvalue weighted by Gasteiger charge is 2.42. The van der Waals surface area contributed by atoms with E-state index >= 15 is 0 Å². The number of hydrogen-bond acceptors (Lipinski definition) is 4. The molecule has 1 heterocycles. The molecule has 0 aromatic carbocycles. The highest BCUT2D eigenvalue weighted by molar-refractivity contribution is 5.08. The van der Waals surface area contributed by atoms with Crippen LogP contribution < -0.4 is 5.32 Å². The third kappa shape index (κ3) is 1.96. The zero-order valence-corrected chi connectivity index (χ0v) is 11.6. The largest absolute Gasteiger partial charge is 0.337 e. The van der Waals surface area contributed by atoms with Gasteiger partial charge in [0.1, 0.15) is 0 Å². The van der Waals surface area contributed by atoms with E-state index in [9.17, 15) is 0 Å². The van der Waals surface area contributed by atoms with Gasteiger partial charge in [0.05, 0.1) is 5.54 Å². The molecule has 2 saturated carbocycles. The standard InChI is InChI=1S/C14H23N3O/c1-4-15-14(2,3)13-16-12(17-18-13)11-8-9-5-6-10(11)7-9/h9-11,15H,4-8H2,1-3H3. The molecule has 0 saturated heterocycles. The molecule has 2 aliphatic rings. The first kappa shape index (κ1) is 12.2. The van der Waals surface area contributed by atoms with Gasteiger partial charge in [-0.2, -0.15) is 4.98 Å². The van der Waals surface area contributed by atoms with E-state index in [4.69, 9.17) is 4.52 Å². The third-order valence-corrected chi connectivity index (χ3v) is 4.66. The van der Waals surface area contributed by atoms with Crippen LogP contribution in [0.2, 0.25) is 0 Å². The van der Waals surface area contributed by atoms with E-state index in [2.05, 4.69) is 36.2 Å². The lowest BCUT2D eigenvalue weighted by Crippen LogP contribution is -2.36. The average Bonchev–Trinajstić information content (AvgIpc) is 3.04. The van der Waals surface area contributed by atoms with Crippen LogP contribution in [-0.2, 0) is 5.54 Å². The highest BCUT2D eigenvalue weighted by Crippen LogP contribution is 2.52. The second kappa shape index (κ2) is 4.34. The van der Waals surface area contributed by atoms with Crippen molar-refractivity contribution in [3.8, 4) is 0 Å². The number of rotatable bonds is 4. The Balaban J connectivity index is 1.77. The zero-order valence-electron chi connectivity index (χ0n) is 11.6. The monoisotopic (exact) mass is 249 g/mol. The summed E-state index contributed by atoms with van der Waals surface area (Å²) in [7, 11) is 0. The Morgan fingerprint density at radius 2 is 2.17 bits per heavy atom. The van der Waals surface area contributed by atoms with Crippen LogP contribution in [0.3, 0.4) is 0 Å².